The van der Waals surface area contributed by atoms with Crippen LogP contribution in [0.4, 0.5) is 5.69 Å². The van der Waals surface area contributed by atoms with Gasteiger partial charge in [0.05, 0.1) is 22.6 Å². The summed E-state index contributed by atoms with van der Waals surface area (Å²) in [5.74, 6) is 0.0166. The van der Waals surface area contributed by atoms with Crippen molar-refractivity contribution in [3.63, 3.8) is 0 Å². The lowest BCUT2D eigenvalue weighted by Gasteiger charge is -2.19. The third kappa shape index (κ3) is 3.67. The van der Waals surface area contributed by atoms with Gasteiger partial charge in [-0.3, -0.25) is 14.9 Å². The van der Waals surface area contributed by atoms with E-state index in [2.05, 4.69) is 5.10 Å². The lowest BCUT2D eigenvalue weighted by Crippen LogP contribution is -2.25. The number of amides is 1. The Hall–Kier alpha value is -2.84. The predicted molar refractivity (Wildman–Crippen MR) is 99.0 cm³/mol. The first-order valence-corrected chi connectivity index (χ1v) is 8.40. The molecule has 0 N–H and O–H groups in total. The first kappa shape index (κ1) is 18.9. The van der Waals surface area contributed by atoms with Crippen LogP contribution in [0.2, 0.25) is 10.0 Å². The average molecular weight is 410 g/mol. The molecule has 0 fully saturated rings. The molecular formula is C17H13Cl2N3O5. The Labute approximate surface area is 164 Å². The summed E-state index contributed by atoms with van der Waals surface area (Å²) in [7, 11) is 1.44. The minimum atomic E-state index is -0.888. The third-order valence-electron chi connectivity index (χ3n) is 3.80. The van der Waals surface area contributed by atoms with E-state index in [1.165, 1.54) is 44.4 Å². The Bertz CT molecular complexity index is 946. The fourth-order valence-corrected chi connectivity index (χ4v) is 3.15. The van der Waals surface area contributed by atoms with E-state index in [-0.39, 0.29) is 22.5 Å². The number of carbonyl (C=O) groups is 1. The smallest absolute Gasteiger partial charge is 0.269 e. The minimum absolute atomic E-state index is 0.0736. The first-order chi connectivity index (χ1) is 12.8. The Balaban J connectivity index is 2.00. The quantitative estimate of drug-likeness (QED) is 0.558. The summed E-state index contributed by atoms with van der Waals surface area (Å²) in [5, 5.41) is 16.8. The number of halogens is 2. The van der Waals surface area contributed by atoms with Crippen LogP contribution in [0.25, 0.3) is 0 Å². The van der Waals surface area contributed by atoms with Gasteiger partial charge in [0.15, 0.2) is 0 Å². The van der Waals surface area contributed by atoms with E-state index in [0.29, 0.717) is 21.9 Å². The molecule has 1 aliphatic heterocycles. The molecule has 3 rings (SSSR count). The highest BCUT2D eigenvalue weighted by atomic mass is 35.5. The van der Waals surface area contributed by atoms with E-state index in [0.717, 1.165) is 5.01 Å². The van der Waals surface area contributed by atoms with Crippen molar-refractivity contribution in [1.82, 2.24) is 5.01 Å². The maximum Gasteiger partial charge on any atom is 0.269 e. The van der Waals surface area contributed by atoms with Crippen molar-refractivity contribution in [3.8, 4) is 5.75 Å². The monoisotopic (exact) mass is 409 g/mol. The molecule has 1 amide bonds. The van der Waals surface area contributed by atoms with Gasteiger partial charge < -0.3 is 9.47 Å². The summed E-state index contributed by atoms with van der Waals surface area (Å²) in [6.07, 6.45) is -0.888. The molecule has 0 radical (unpaired) electrons. The lowest BCUT2D eigenvalue weighted by atomic mass is 10.1. The minimum Gasteiger partial charge on any atom is -0.494 e. The van der Waals surface area contributed by atoms with Gasteiger partial charge in [0.2, 0.25) is 18.0 Å². The van der Waals surface area contributed by atoms with Crippen LogP contribution in [0.1, 0.15) is 24.3 Å². The van der Waals surface area contributed by atoms with E-state index in [4.69, 9.17) is 32.7 Å². The molecule has 10 heteroatoms. The topological polar surface area (TPSA) is 94.3 Å². The van der Waals surface area contributed by atoms with Gasteiger partial charge in [-0.05, 0) is 24.3 Å². The molecule has 0 aliphatic carbocycles. The van der Waals surface area contributed by atoms with Crippen LogP contribution < -0.4 is 4.74 Å². The zero-order chi connectivity index (χ0) is 19.7. The second-order valence-corrected chi connectivity index (χ2v) is 6.40. The lowest BCUT2D eigenvalue weighted by molar-refractivity contribution is -0.384. The molecule has 140 valence electrons. The van der Waals surface area contributed by atoms with Crippen molar-refractivity contribution in [2.45, 2.75) is 13.2 Å². The molecule has 1 atom stereocenters. The molecule has 0 saturated carbocycles. The van der Waals surface area contributed by atoms with Crippen LogP contribution in [-0.2, 0) is 9.53 Å². The number of carbonyl (C=O) groups excluding carboxylic acids is 1. The fraction of sp³-hybridized carbons (Fsp3) is 0.176. The number of hydrazone groups is 1. The summed E-state index contributed by atoms with van der Waals surface area (Å²) in [4.78, 5) is 22.3. The van der Waals surface area contributed by atoms with E-state index in [9.17, 15) is 14.9 Å². The van der Waals surface area contributed by atoms with Crippen LogP contribution in [0.3, 0.4) is 0 Å². The molecule has 0 saturated heterocycles. The highest BCUT2D eigenvalue weighted by Gasteiger charge is 2.35. The summed E-state index contributed by atoms with van der Waals surface area (Å²) in [6, 6.07) is 8.72. The van der Waals surface area contributed by atoms with Crippen molar-refractivity contribution in [2.75, 3.05) is 7.11 Å². The number of nitro benzene ring substituents is 1. The van der Waals surface area contributed by atoms with Crippen LogP contribution in [-0.4, -0.2) is 28.8 Å². The molecule has 0 aromatic heterocycles. The van der Waals surface area contributed by atoms with Crippen LogP contribution in [0.15, 0.2) is 41.5 Å². The Kier molecular flexibility index (Phi) is 5.20. The largest absolute Gasteiger partial charge is 0.494 e. The highest BCUT2D eigenvalue weighted by molar-refractivity contribution is 6.36. The first-order valence-electron chi connectivity index (χ1n) is 7.64. The molecule has 2 aromatic carbocycles. The van der Waals surface area contributed by atoms with Crippen molar-refractivity contribution in [2.24, 2.45) is 5.10 Å². The highest BCUT2D eigenvalue weighted by Crippen LogP contribution is 2.37. The molecule has 0 spiro atoms. The number of hydrogen-bond acceptors (Lipinski definition) is 6. The standard InChI is InChI=1S/C17H13Cl2N3O5/c1-9(23)21-17(10-3-5-12(6-4-10)22(24)25)27-16(20-21)13-7-11(18)8-14(19)15(13)26-2/h3-8,17H,1-2H3. The van der Waals surface area contributed by atoms with Gasteiger partial charge in [-0.15, -0.1) is 5.10 Å². The number of rotatable bonds is 4. The van der Waals surface area contributed by atoms with Crippen LogP contribution in [0.5, 0.6) is 5.75 Å². The van der Waals surface area contributed by atoms with Gasteiger partial charge in [0, 0.05) is 29.6 Å². The molecule has 1 heterocycles. The van der Waals surface area contributed by atoms with Gasteiger partial charge in [-0.1, -0.05) is 23.2 Å². The van der Waals surface area contributed by atoms with Crippen LogP contribution >= 0.6 is 23.2 Å². The maximum atomic E-state index is 12.0. The SMILES string of the molecule is COc1c(Cl)cc(Cl)cc1C1=NN(C(C)=O)C(c2ccc([N+](=O)[O-])cc2)O1. The Morgan fingerprint density at radius 1 is 1.30 bits per heavy atom. The molecule has 27 heavy (non-hydrogen) atoms. The van der Waals surface area contributed by atoms with Crippen LogP contribution in [0, 0.1) is 10.1 Å². The van der Waals surface area contributed by atoms with Gasteiger partial charge in [0.1, 0.15) is 5.75 Å². The number of ether oxygens (including phenoxy) is 2. The Morgan fingerprint density at radius 2 is 1.96 bits per heavy atom. The molecule has 1 unspecified atom stereocenters. The van der Waals surface area contributed by atoms with Gasteiger partial charge in [-0.2, -0.15) is 5.01 Å². The van der Waals surface area contributed by atoms with Crippen molar-refractivity contribution < 1.29 is 19.2 Å². The molecule has 0 bridgehead atoms. The van der Waals surface area contributed by atoms with E-state index in [1.807, 2.05) is 0 Å². The average Bonchev–Trinajstić information content (AvgIpc) is 3.06. The molecular weight excluding hydrogens is 397 g/mol. The predicted octanol–water partition coefficient (Wildman–Crippen LogP) is 4.15. The number of benzene rings is 2. The van der Waals surface area contributed by atoms with Crippen molar-refractivity contribution >= 4 is 40.7 Å². The third-order valence-corrected chi connectivity index (χ3v) is 4.30. The summed E-state index contributed by atoms with van der Waals surface area (Å²) < 4.78 is 11.1. The number of nitrogens with zero attached hydrogens (tertiary/aromatic N) is 3. The normalized spacial score (nSPS) is 15.9. The summed E-state index contributed by atoms with van der Waals surface area (Å²) in [6.45, 7) is 1.33. The zero-order valence-corrected chi connectivity index (χ0v) is 15.7. The number of nitro groups is 1. The second kappa shape index (κ2) is 7.42. The summed E-state index contributed by atoms with van der Waals surface area (Å²) in [5.41, 5.74) is 0.822. The fourth-order valence-electron chi connectivity index (χ4n) is 2.58. The molecule has 2 aromatic rings. The van der Waals surface area contributed by atoms with Gasteiger partial charge >= 0.3 is 0 Å². The van der Waals surface area contributed by atoms with E-state index in [1.54, 1.807) is 6.07 Å². The maximum absolute atomic E-state index is 12.0. The number of hydrogen-bond donors (Lipinski definition) is 0. The van der Waals surface area contributed by atoms with E-state index >= 15 is 0 Å². The molecule has 8 nitrogen and oxygen atoms in total. The van der Waals surface area contributed by atoms with Gasteiger partial charge in [-0.25, -0.2) is 0 Å². The molecule has 1 aliphatic rings. The van der Waals surface area contributed by atoms with Crippen molar-refractivity contribution in [1.29, 1.82) is 0 Å². The van der Waals surface area contributed by atoms with Crippen molar-refractivity contribution in [3.05, 3.63) is 67.7 Å². The van der Waals surface area contributed by atoms with E-state index < -0.39 is 11.2 Å². The summed E-state index contributed by atoms with van der Waals surface area (Å²) >= 11 is 12.2. The number of non-ortho nitro benzene ring substituents is 1. The Morgan fingerprint density at radius 3 is 2.52 bits per heavy atom. The zero-order valence-electron chi connectivity index (χ0n) is 14.2. The second-order valence-electron chi connectivity index (χ2n) is 5.56. The van der Waals surface area contributed by atoms with Gasteiger partial charge in [0.25, 0.3) is 5.69 Å². The number of methoxy groups -OCH3 is 1.